The van der Waals surface area contributed by atoms with Crippen molar-refractivity contribution in [2.24, 2.45) is 0 Å². The first-order valence-corrected chi connectivity index (χ1v) is 9.33. The van der Waals surface area contributed by atoms with Crippen LogP contribution in [0.2, 0.25) is 5.02 Å². The molecule has 0 unspecified atom stereocenters. The topological polar surface area (TPSA) is 60.3 Å². The third kappa shape index (κ3) is 3.63. The van der Waals surface area contributed by atoms with Gasteiger partial charge in [0.05, 0.1) is 11.6 Å². The van der Waals surface area contributed by atoms with E-state index in [2.05, 4.69) is 4.72 Å². The van der Waals surface area contributed by atoms with Gasteiger partial charge in [0.25, 0.3) is 10.0 Å². The molecular weight excluding hydrogens is 367 g/mol. The Morgan fingerprint density at radius 2 is 2.04 bits per heavy atom. The zero-order valence-electron chi connectivity index (χ0n) is 13.4. The van der Waals surface area contributed by atoms with Crippen LogP contribution in [-0.2, 0) is 21.3 Å². The zero-order chi connectivity index (χ0) is 18.0. The van der Waals surface area contributed by atoms with Gasteiger partial charge in [-0.15, -0.1) is 0 Å². The molecule has 25 heavy (non-hydrogen) atoms. The van der Waals surface area contributed by atoms with E-state index in [1.165, 1.54) is 18.2 Å². The maximum Gasteiger partial charge on any atom is 0.264 e. The number of sulfonamides is 1. The minimum absolute atomic E-state index is 0.242. The molecule has 0 aliphatic carbocycles. The number of nitrogens with one attached hydrogen (secondary N) is 1. The Morgan fingerprint density at radius 1 is 1.24 bits per heavy atom. The highest BCUT2D eigenvalue weighted by molar-refractivity contribution is 7.92. The molecule has 0 radical (unpaired) electrons. The quantitative estimate of drug-likeness (QED) is 0.703. The number of nitrogens with zero attached hydrogens (tertiary/aromatic N) is 1. The summed E-state index contributed by atoms with van der Waals surface area (Å²) in [6.45, 7) is 1.27. The molecule has 132 valence electrons. The second kappa shape index (κ2) is 7.03. The molecule has 8 heteroatoms. The van der Waals surface area contributed by atoms with Gasteiger partial charge in [0, 0.05) is 36.4 Å². The highest BCUT2D eigenvalue weighted by atomic mass is 35.5. The smallest absolute Gasteiger partial charge is 0.264 e. The number of hydrogen-bond acceptors (Lipinski definition) is 3. The molecule has 0 amide bonds. The molecule has 1 aromatic heterocycles. The molecule has 5 nitrogen and oxygen atoms in total. The third-order valence-corrected chi connectivity index (χ3v) is 5.46. The monoisotopic (exact) mass is 382 g/mol. The second-order valence-electron chi connectivity index (χ2n) is 5.43. The number of hydrogen-bond donors (Lipinski definition) is 1. The maximum atomic E-state index is 14.0. The molecule has 0 atom stereocenters. The second-order valence-corrected chi connectivity index (χ2v) is 7.49. The van der Waals surface area contributed by atoms with E-state index in [-0.39, 0.29) is 5.02 Å². The van der Waals surface area contributed by atoms with E-state index in [9.17, 15) is 12.8 Å². The SMILES string of the molecule is COCCn1ccc2cc(NS(=O)(=O)c3cccc(Cl)c3F)ccc21. The van der Waals surface area contributed by atoms with E-state index in [4.69, 9.17) is 16.3 Å². The first-order valence-electron chi connectivity index (χ1n) is 7.47. The molecule has 0 aliphatic heterocycles. The predicted molar refractivity (Wildman–Crippen MR) is 96.0 cm³/mol. The summed E-state index contributed by atoms with van der Waals surface area (Å²) >= 11 is 5.67. The molecule has 3 aromatic rings. The summed E-state index contributed by atoms with van der Waals surface area (Å²) < 4.78 is 48.3. The van der Waals surface area contributed by atoms with Gasteiger partial charge in [-0.2, -0.15) is 0 Å². The molecular formula is C17H16ClFN2O3S. The van der Waals surface area contributed by atoms with Crippen LogP contribution < -0.4 is 4.72 Å². The summed E-state index contributed by atoms with van der Waals surface area (Å²) in [6, 6.07) is 10.9. The number of benzene rings is 2. The first-order chi connectivity index (χ1) is 11.9. The van der Waals surface area contributed by atoms with Crippen LogP contribution in [0.5, 0.6) is 0 Å². The van der Waals surface area contributed by atoms with Gasteiger partial charge < -0.3 is 9.30 Å². The largest absolute Gasteiger partial charge is 0.383 e. The molecule has 2 aromatic carbocycles. The average Bonchev–Trinajstić information content (AvgIpc) is 2.97. The summed E-state index contributed by atoms with van der Waals surface area (Å²) in [4.78, 5) is -0.488. The summed E-state index contributed by atoms with van der Waals surface area (Å²) in [5.74, 6) is -0.969. The lowest BCUT2D eigenvalue weighted by atomic mass is 10.2. The third-order valence-electron chi connectivity index (χ3n) is 3.77. The van der Waals surface area contributed by atoms with E-state index in [1.807, 2.05) is 16.8 Å². The van der Waals surface area contributed by atoms with Gasteiger partial charge in [0.1, 0.15) is 4.90 Å². The minimum atomic E-state index is -4.08. The van der Waals surface area contributed by atoms with Crippen LogP contribution in [0.15, 0.2) is 53.6 Å². The number of rotatable bonds is 6. The van der Waals surface area contributed by atoms with Crippen LogP contribution in [0, 0.1) is 5.82 Å². The number of aromatic nitrogens is 1. The van der Waals surface area contributed by atoms with Gasteiger partial charge in [-0.05, 0) is 36.4 Å². The Balaban J connectivity index is 1.91. The molecule has 0 fully saturated rings. The van der Waals surface area contributed by atoms with Crippen molar-refractivity contribution in [2.45, 2.75) is 11.4 Å². The van der Waals surface area contributed by atoms with E-state index in [0.717, 1.165) is 10.9 Å². The maximum absolute atomic E-state index is 14.0. The van der Waals surface area contributed by atoms with Crippen molar-refractivity contribution < 1.29 is 17.5 Å². The number of fused-ring (bicyclic) bond motifs is 1. The van der Waals surface area contributed by atoms with Crippen LogP contribution in [0.4, 0.5) is 10.1 Å². The van der Waals surface area contributed by atoms with Gasteiger partial charge in [-0.25, -0.2) is 12.8 Å². The van der Waals surface area contributed by atoms with E-state index in [0.29, 0.717) is 18.8 Å². The lowest BCUT2D eigenvalue weighted by Crippen LogP contribution is -2.14. The van der Waals surface area contributed by atoms with Gasteiger partial charge in [-0.3, -0.25) is 4.72 Å². The first kappa shape index (κ1) is 17.7. The molecule has 3 rings (SSSR count). The molecule has 1 N–H and O–H groups in total. The van der Waals surface area contributed by atoms with Crippen molar-refractivity contribution in [2.75, 3.05) is 18.4 Å². The number of anilines is 1. The van der Waals surface area contributed by atoms with Crippen molar-refractivity contribution in [3.63, 3.8) is 0 Å². The van der Waals surface area contributed by atoms with Crippen molar-refractivity contribution >= 4 is 38.2 Å². The molecule has 1 heterocycles. The predicted octanol–water partition coefficient (Wildman–Crippen LogP) is 3.88. The van der Waals surface area contributed by atoms with Crippen molar-refractivity contribution in [3.05, 3.63) is 59.5 Å². The van der Waals surface area contributed by atoms with Gasteiger partial charge >= 0.3 is 0 Å². The van der Waals surface area contributed by atoms with E-state index >= 15 is 0 Å². The van der Waals surface area contributed by atoms with Crippen LogP contribution in [0.25, 0.3) is 10.9 Å². The fourth-order valence-corrected chi connectivity index (χ4v) is 3.93. The van der Waals surface area contributed by atoms with Crippen LogP contribution in [0.3, 0.4) is 0 Å². The molecule has 0 bridgehead atoms. The Hall–Kier alpha value is -2.09. The summed E-state index contributed by atoms with van der Waals surface area (Å²) in [5.41, 5.74) is 1.30. The lowest BCUT2D eigenvalue weighted by Gasteiger charge is -2.10. The standard InChI is InChI=1S/C17H16ClFN2O3S/c1-24-10-9-21-8-7-12-11-13(5-6-15(12)21)20-25(22,23)16-4-2-3-14(18)17(16)19/h2-8,11,20H,9-10H2,1H3. The van der Waals surface area contributed by atoms with E-state index in [1.54, 1.807) is 25.3 Å². The highest BCUT2D eigenvalue weighted by Gasteiger charge is 2.21. The Morgan fingerprint density at radius 3 is 2.80 bits per heavy atom. The molecule has 0 saturated carbocycles. The molecule has 0 spiro atoms. The average molecular weight is 383 g/mol. The number of ether oxygens (including phenoxy) is 1. The van der Waals surface area contributed by atoms with Crippen molar-refractivity contribution in [1.82, 2.24) is 4.57 Å². The fourth-order valence-electron chi connectivity index (χ4n) is 2.55. The van der Waals surface area contributed by atoms with E-state index < -0.39 is 20.7 Å². The van der Waals surface area contributed by atoms with Crippen LogP contribution >= 0.6 is 11.6 Å². The normalized spacial score (nSPS) is 11.8. The van der Waals surface area contributed by atoms with Crippen molar-refractivity contribution in [3.8, 4) is 0 Å². The van der Waals surface area contributed by atoms with Gasteiger partial charge in [0.15, 0.2) is 5.82 Å². The summed E-state index contributed by atoms with van der Waals surface area (Å²) in [7, 11) is -2.45. The molecule has 0 saturated heterocycles. The lowest BCUT2D eigenvalue weighted by molar-refractivity contribution is 0.188. The van der Waals surface area contributed by atoms with Crippen LogP contribution in [0.1, 0.15) is 0 Å². The van der Waals surface area contributed by atoms with Gasteiger partial charge in [-0.1, -0.05) is 17.7 Å². The van der Waals surface area contributed by atoms with Gasteiger partial charge in [0.2, 0.25) is 0 Å². The Kier molecular flexibility index (Phi) is 4.99. The van der Waals surface area contributed by atoms with Crippen LogP contribution in [-0.4, -0.2) is 26.7 Å². The zero-order valence-corrected chi connectivity index (χ0v) is 14.9. The van der Waals surface area contributed by atoms with Crippen molar-refractivity contribution in [1.29, 1.82) is 0 Å². The fraction of sp³-hybridized carbons (Fsp3) is 0.176. The minimum Gasteiger partial charge on any atom is -0.383 e. The summed E-state index contributed by atoms with van der Waals surface area (Å²) in [6.07, 6.45) is 1.90. The summed E-state index contributed by atoms with van der Waals surface area (Å²) in [5, 5.41) is 0.622. The Bertz CT molecular complexity index is 1020. The highest BCUT2D eigenvalue weighted by Crippen LogP contribution is 2.26. The number of halogens is 2. The Labute approximate surface area is 150 Å². The number of methoxy groups -OCH3 is 1. The molecule has 0 aliphatic rings.